The number of hydrogen-bond acceptors (Lipinski definition) is 6. The fourth-order valence-electron chi connectivity index (χ4n) is 2.80. The van der Waals surface area contributed by atoms with Crippen LogP contribution in [0.15, 0.2) is 42.7 Å². The molecule has 0 bridgehead atoms. The number of rotatable bonds is 5. The number of nitrogens with two attached hydrogens (primary N) is 1. The van der Waals surface area contributed by atoms with E-state index in [4.69, 9.17) is 5.73 Å². The van der Waals surface area contributed by atoms with Crippen molar-refractivity contribution in [2.45, 2.75) is 0 Å². The molecule has 1 aromatic heterocycles. The molecule has 7 heteroatoms. The number of nitrogen functional groups attached to an aromatic ring is 1. The topological polar surface area (TPSA) is 87.4 Å². The summed E-state index contributed by atoms with van der Waals surface area (Å²) in [4.78, 5) is 24.6. The van der Waals surface area contributed by atoms with E-state index in [1.165, 1.54) is 18.1 Å². The largest absolute Gasteiger partial charge is 0.382 e. The predicted molar refractivity (Wildman–Crippen MR) is 93.9 cm³/mol. The highest BCUT2D eigenvalue weighted by molar-refractivity contribution is 5.96. The molecule has 0 unspecified atom stereocenters. The second-order valence-electron chi connectivity index (χ2n) is 5.71. The van der Waals surface area contributed by atoms with Crippen LogP contribution in [0.25, 0.3) is 0 Å². The summed E-state index contributed by atoms with van der Waals surface area (Å²) < 4.78 is 0. The monoisotopic (exact) mass is 326 g/mol. The lowest BCUT2D eigenvalue weighted by molar-refractivity contribution is 0.0943. The van der Waals surface area contributed by atoms with Gasteiger partial charge in [-0.05, 0) is 12.1 Å². The van der Waals surface area contributed by atoms with Gasteiger partial charge in [0, 0.05) is 57.3 Å². The summed E-state index contributed by atoms with van der Waals surface area (Å²) in [6.07, 6.45) is 2.94. The Labute approximate surface area is 141 Å². The van der Waals surface area contributed by atoms with Crippen molar-refractivity contribution in [1.82, 2.24) is 20.2 Å². The van der Waals surface area contributed by atoms with Gasteiger partial charge in [-0.2, -0.15) is 0 Å². The summed E-state index contributed by atoms with van der Waals surface area (Å²) in [5.74, 6) is -0.116. The third-order valence-electron chi connectivity index (χ3n) is 4.15. The molecular weight excluding hydrogens is 304 g/mol. The van der Waals surface area contributed by atoms with Crippen LogP contribution in [0, 0.1) is 0 Å². The van der Waals surface area contributed by atoms with Gasteiger partial charge in [0.2, 0.25) is 0 Å². The Bertz CT molecular complexity index is 670. The molecule has 3 N–H and O–H groups in total. The minimum atomic E-state index is -0.275. The maximum atomic E-state index is 12.0. The maximum Gasteiger partial charge on any atom is 0.273 e. The fraction of sp³-hybridized carbons (Fsp3) is 0.353. The summed E-state index contributed by atoms with van der Waals surface area (Å²) in [6.45, 7) is 5.34. The number of piperazine rings is 1. The Morgan fingerprint density at radius 3 is 2.50 bits per heavy atom. The zero-order chi connectivity index (χ0) is 16.8. The standard InChI is InChI=1S/C17H22N6O/c18-16-15(19-6-7-20-16)17(24)21-8-9-22-10-12-23(13-11-22)14-4-2-1-3-5-14/h1-7H,8-13H2,(H2,18,20)(H,21,24). The van der Waals surface area contributed by atoms with Gasteiger partial charge < -0.3 is 16.0 Å². The molecule has 2 heterocycles. The smallest absolute Gasteiger partial charge is 0.273 e. The molecule has 0 aliphatic carbocycles. The van der Waals surface area contributed by atoms with Gasteiger partial charge in [-0.1, -0.05) is 18.2 Å². The van der Waals surface area contributed by atoms with Crippen molar-refractivity contribution in [2.75, 3.05) is 49.9 Å². The van der Waals surface area contributed by atoms with E-state index in [0.717, 1.165) is 32.7 Å². The number of carbonyl (C=O) groups excluding carboxylic acids is 1. The van der Waals surface area contributed by atoms with Crippen molar-refractivity contribution in [3.05, 3.63) is 48.4 Å². The Hall–Kier alpha value is -2.67. The number of para-hydroxylation sites is 1. The molecule has 24 heavy (non-hydrogen) atoms. The zero-order valence-electron chi connectivity index (χ0n) is 13.6. The molecule has 1 aliphatic heterocycles. The van der Waals surface area contributed by atoms with Gasteiger partial charge in [0.25, 0.3) is 5.91 Å². The first-order valence-electron chi connectivity index (χ1n) is 8.11. The second kappa shape index (κ2) is 7.74. The van der Waals surface area contributed by atoms with Crippen molar-refractivity contribution in [3.8, 4) is 0 Å². The molecule has 126 valence electrons. The molecule has 2 aromatic rings. The highest BCUT2D eigenvalue weighted by Gasteiger charge is 2.17. The Kier molecular flexibility index (Phi) is 5.22. The molecule has 1 aliphatic rings. The molecule has 1 saturated heterocycles. The summed E-state index contributed by atoms with van der Waals surface area (Å²) >= 11 is 0. The lowest BCUT2D eigenvalue weighted by Crippen LogP contribution is -2.48. The molecule has 0 spiro atoms. The summed E-state index contributed by atoms with van der Waals surface area (Å²) in [5, 5.41) is 2.85. The molecule has 3 rings (SSSR count). The molecular formula is C17H22N6O. The van der Waals surface area contributed by atoms with Crippen LogP contribution in [0.4, 0.5) is 11.5 Å². The van der Waals surface area contributed by atoms with Gasteiger partial charge in [0.1, 0.15) is 0 Å². The van der Waals surface area contributed by atoms with E-state index in [-0.39, 0.29) is 17.4 Å². The van der Waals surface area contributed by atoms with Gasteiger partial charge in [-0.15, -0.1) is 0 Å². The zero-order valence-corrected chi connectivity index (χ0v) is 13.6. The van der Waals surface area contributed by atoms with Crippen LogP contribution >= 0.6 is 0 Å². The first-order chi connectivity index (χ1) is 11.7. The second-order valence-corrected chi connectivity index (χ2v) is 5.71. The van der Waals surface area contributed by atoms with Gasteiger partial charge in [0.15, 0.2) is 11.5 Å². The van der Waals surface area contributed by atoms with Crippen LogP contribution in [-0.2, 0) is 0 Å². The van der Waals surface area contributed by atoms with Crippen LogP contribution in [0.5, 0.6) is 0 Å². The minimum Gasteiger partial charge on any atom is -0.382 e. The fourth-order valence-corrected chi connectivity index (χ4v) is 2.80. The SMILES string of the molecule is Nc1nccnc1C(=O)NCCN1CCN(c2ccccc2)CC1. The molecule has 1 aromatic carbocycles. The Morgan fingerprint density at radius 2 is 1.79 bits per heavy atom. The van der Waals surface area contributed by atoms with E-state index >= 15 is 0 Å². The Balaban J connectivity index is 1.41. The minimum absolute atomic E-state index is 0.159. The number of aromatic nitrogens is 2. The van der Waals surface area contributed by atoms with Crippen molar-refractivity contribution < 1.29 is 4.79 Å². The molecule has 7 nitrogen and oxygen atoms in total. The van der Waals surface area contributed by atoms with E-state index in [2.05, 4.69) is 49.4 Å². The number of anilines is 2. The van der Waals surface area contributed by atoms with E-state index in [0.29, 0.717) is 6.54 Å². The third kappa shape index (κ3) is 3.99. The van der Waals surface area contributed by atoms with Crippen molar-refractivity contribution >= 4 is 17.4 Å². The van der Waals surface area contributed by atoms with E-state index in [9.17, 15) is 4.79 Å². The molecule has 1 amide bonds. The number of nitrogens with one attached hydrogen (secondary N) is 1. The van der Waals surface area contributed by atoms with Crippen LogP contribution < -0.4 is 16.0 Å². The van der Waals surface area contributed by atoms with Crippen molar-refractivity contribution in [1.29, 1.82) is 0 Å². The van der Waals surface area contributed by atoms with Crippen molar-refractivity contribution in [2.24, 2.45) is 0 Å². The number of hydrogen-bond donors (Lipinski definition) is 2. The number of benzene rings is 1. The van der Waals surface area contributed by atoms with Gasteiger partial charge in [-0.3, -0.25) is 9.69 Å². The van der Waals surface area contributed by atoms with Gasteiger partial charge >= 0.3 is 0 Å². The normalized spacial score (nSPS) is 15.2. The van der Waals surface area contributed by atoms with Crippen molar-refractivity contribution in [3.63, 3.8) is 0 Å². The maximum absolute atomic E-state index is 12.0. The lowest BCUT2D eigenvalue weighted by Gasteiger charge is -2.36. The Morgan fingerprint density at radius 1 is 1.08 bits per heavy atom. The summed E-state index contributed by atoms with van der Waals surface area (Å²) in [7, 11) is 0. The highest BCUT2D eigenvalue weighted by atomic mass is 16.1. The molecule has 0 atom stereocenters. The van der Waals surface area contributed by atoms with E-state index in [1.807, 2.05) is 6.07 Å². The van der Waals surface area contributed by atoms with Crippen LogP contribution in [-0.4, -0.2) is 60.0 Å². The molecule has 0 radical (unpaired) electrons. The average Bonchev–Trinajstić information content (AvgIpc) is 2.63. The molecule has 0 saturated carbocycles. The van der Waals surface area contributed by atoms with E-state index < -0.39 is 0 Å². The first-order valence-corrected chi connectivity index (χ1v) is 8.11. The predicted octanol–water partition coefficient (Wildman–Crippen LogP) is 0.611. The van der Waals surface area contributed by atoms with Gasteiger partial charge in [-0.25, -0.2) is 9.97 Å². The highest BCUT2D eigenvalue weighted by Crippen LogP contribution is 2.15. The van der Waals surface area contributed by atoms with E-state index in [1.54, 1.807) is 0 Å². The van der Waals surface area contributed by atoms with Crippen LogP contribution in [0.3, 0.4) is 0 Å². The van der Waals surface area contributed by atoms with Crippen LogP contribution in [0.2, 0.25) is 0 Å². The average molecular weight is 326 g/mol. The van der Waals surface area contributed by atoms with Crippen LogP contribution in [0.1, 0.15) is 10.5 Å². The molecule has 1 fully saturated rings. The first kappa shape index (κ1) is 16.2. The third-order valence-corrected chi connectivity index (χ3v) is 4.15. The summed E-state index contributed by atoms with van der Waals surface area (Å²) in [5.41, 5.74) is 7.11. The number of nitrogens with zero attached hydrogens (tertiary/aromatic N) is 4. The summed E-state index contributed by atoms with van der Waals surface area (Å²) in [6, 6.07) is 10.4. The quantitative estimate of drug-likeness (QED) is 0.837. The number of amides is 1. The lowest BCUT2D eigenvalue weighted by atomic mass is 10.2. The number of carbonyl (C=O) groups is 1. The van der Waals surface area contributed by atoms with Gasteiger partial charge in [0.05, 0.1) is 0 Å².